The van der Waals surface area contributed by atoms with E-state index in [9.17, 15) is 14.0 Å². The molecule has 3 heterocycles. The molecule has 0 saturated heterocycles. The number of fused-ring (bicyclic) bond motifs is 1. The molecule has 4 rings (SSSR count). The highest BCUT2D eigenvalue weighted by Crippen LogP contribution is 2.31. The van der Waals surface area contributed by atoms with E-state index in [1.54, 1.807) is 22.7 Å². The van der Waals surface area contributed by atoms with Crippen molar-refractivity contribution in [3.8, 4) is 11.3 Å². The number of halogens is 1. The number of anilines is 1. The number of carbonyl (C=O) groups excluding carboxylic acids is 2. The van der Waals surface area contributed by atoms with Crippen molar-refractivity contribution in [2.24, 2.45) is 5.10 Å². The van der Waals surface area contributed by atoms with Gasteiger partial charge in [-0.2, -0.15) is 5.10 Å². The lowest BCUT2D eigenvalue weighted by Crippen LogP contribution is -2.34. The number of thiazole rings is 1. The van der Waals surface area contributed by atoms with Crippen LogP contribution in [0.5, 0.6) is 0 Å². The number of aromatic nitrogens is 2. The first-order chi connectivity index (χ1) is 12.5. The Morgan fingerprint density at radius 1 is 1.27 bits per heavy atom. The normalized spacial score (nSPS) is 14.6. The standard InChI is InChI=1S/C17H14FN5O2S/c1-22-13(24)7-6-12(21-22)16(25)20-15-14(10-2-4-11(18)5-3-10)19-17-23(15)8-9-26-17/h2-5,8-9H,6-7H2,1H3,(H,20,25). The third kappa shape index (κ3) is 2.86. The molecule has 1 aromatic carbocycles. The largest absolute Gasteiger partial charge is 0.305 e. The summed E-state index contributed by atoms with van der Waals surface area (Å²) in [5.74, 6) is -0.372. The van der Waals surface area contributed by atoms with Crippen molar-refractivity contribution in [3.63, 3.8) is 0 Å². The number of hydrogen-bond donors (Lipinski definition) is 1. The number of imidazole rings is 1. The lowest BCUT2D eigenvalue weighted by atomic mass is 10.1. The maximum atomic E-state index is 13.2. The van der Waals surface area contributed by atoms with Crippen LogP contribution in [0.1, 0.15) is 12.8 Å². The van der Waals surface area contributed by atoms with Gasteiger partial charge in [-0.3, -0.25) is 14.0 Å². The van der Waals surface area contributed by atoms with Crippen molar-refractivity contribution >= 4 is 39.6 Å². The summed E-state index contributed by atoms with van der Waals surface area (Å²) in [5, 5.41) is 9.92. The summed E-state index contributed by atoms with van der Waals surface area (Å²) >= 11 is 1.43. The van der Waals surface area contributed by atoms with Crippen LogP contribution in [0.4, 0.5) is 10.2 Å². The van der Waals surface area contributed by atoms with E-state index < -0.39 is 0 Å². The fourth-order valence-electron chi connectivity index (χ4n) is 2.73. The summed E-state index contributed by atoms with van der Waals surface area (Å²) in [7, 11) is 1.52. The number of nitrogens with one attached hydrogen (secondary N) is 1. The van der Waals surface area contributed by atoms with Crippen LogP contribution in [-0.4, -0.2) is 39.0 Å². The number of carbonyl (C=O) groups is 2. The SMILES string of the molecule is CN1N=C(C(=O)Nc2c(-c3ccc(F)cc3)nc3sccn23)CCC1=O. The average Bonchev–Trinajstić information content (AvgIpc) is 3.21. The number of rotatable bonds is 3. The first kappa shape index (κ1) is 16.4. The van der Waals surface area contributed by atoms with Gasteiger partial charge in [0.2, 0.25) is 5.91 Å². The van der Waals surface area contributed by atoms with E-state index in [1.165, 1.54) is 35.5 Å². The molecule has 1 N–H and O–H groups in total. The van der Waals surface area contributed by atoms with Gasteiger partial charge in [0.15, 0.2) is 4.96 Å². The van der Waals surface area contributed by atoms with Gasteiger partial charge in [-0.05, 0) is 24.3 Å². The molecule has 0 saturated carbocycles. The third-order valence-electron chi connectivity index (χ3n) is 4.08. The van der Waals surface area contributed by atoms with Crippen LogP contribution >= 0.6 is 11.3 Å². The first-order valence-electron chi connectivity index (χ1n) is 7.90. The van der Waals surface area contributed by atoms with Crippen LogP contribution in [0.25, 0.3) is 16.2 Å². The highest BCUT2D eigenvalue weighted by Gasteiger charge is 2.24. The molecule has 1 aliphatic heterocycles. The third-order valence-corrected chi connectivity index (χ3v) is 4.84. The van der Waals surface area contributed by atoms with Crippen LogP contribution in [0.3, 0.4) is 0 Å². The molecule has 2 amide bonds. The minimum atomic E-state index is -0.388. The van der Waals surface area contributed by atoms with E-state index >= 15 is 0 Å². The monoisotopic (exact) mass is 371 g/mol. The lowest BCUT2D eigenvalue weighted by Gasteiger charge is -2.19. The highest BCUT2D eigenvalue weighted by atomic mass is 32.1. The van der Waals surface area contributed by atoms with E-state index in [1.807, 2.05) is 5.38 Å². The Kier molecular flexibility index (Phi) is 4.00. The summed E-state index contributed by atoms with van der Waals surface area (Å²) in [6.45, 7) is 0. The van der Waals surface area contributed by atoms with Crippen molar-refractivity contribution in [1.82, 2.24) is 14.4 Å². The number of hydrogen-bond acceptors (Lipinski definition) is 5. The van der Waals surface area contributed by atoms with Gasteiger partial charge in [0.1, 0.15) is 23.0 Å². The van der Waals surface area contributed by atoms with Gasteiger partial charge in [0.05, 0.1) is 0 Å². The van der Waals surface area contributed by atoms with Crippen LogP contribution in [0, 0.1) is 5.82 Å². The van der Waals surface area contributed by atoms with Crippen molar-refractivity contribution in [3.05, 3.63) is 41.7 Å². The molecular formula is C17H14FN5O2S. The second-order valence-electron chi connectivity index (χ2n) is 5.79. The van der Waals surface area contributed by atoms with Gasteiger partial charge < -0.3 is 5.32 Å². The average molecular weight is 371 g/mol. The molecule has 0 atom stereocenters. The molecule has 0 fully saturated rings. The Bertz CT molecular complexity index is 1040. The fourth-order valence-corrected chi connectivity index (χ4v) is 3.44. The molecule has 3 aromatic rings. The summed E-state index contributed by atoms with van der Waals surface area (Å²) in [6.07, 6.45) is 2.33. The van der Waals surface area contributed by atoms with Crippen molar-refractivity contribution in [1.29, 1.82) is 0 Å². The van der Waals surface area contributed by atoms with Crippen molar-refractivity contribution < 1.29 is 14.0 Å². The summed E-state index contributed by atoms with van der Waals surface area (Å²) in [5.41, 5.74) is 1.52. The van der Waals surface area contributed by atoms with E-state index in [4.69, 9.17) is 0 Å². The maximum absolute atomic E-state index is 13.2. The Hall–Kier alpha value is -3.07. The van der Waals surface area contributed by atoms with Crippen molar-refractivity contribution in [2.75, 3.05) is 12.4 Å². The molecule has 7 nitrogen and oxygen atoms in total. The van der Waals surface area contributed by atoms with Crippen molar-refractivity contribution in [2.45, 2.75) is 12.8 Å². The van der Waals surface area contributed by atoms with Crippen LogP contribution < -0.4 is 5.32 Å². The minimum Gasteiger partial charge on any atom is -0.305 e. The quantitative estimate of drug-likeness (QED) is 0.769. The molecule has 9 heteroatoms. The van der Waals surface area contributed by atoms with E-state index in [2.05, 4.69) is 15.4 Å². The smallest absolute Gasteiger partial charge is 0.273 e. The van der Waals surface area contributed by atoms with Gasteiger partial charge >= 0.3 is 0 Å². The zero-order chi connectivity index (χ0) is 18.3. The predicted octanol–water partition coefficient (Wildman–Crippen LogP) is 2.75. The Balaban J connectivity index is 1.71. The van der Waals surface area contributed by atoms with Gasteiger partial charge in [0.25, 0.3) is 5.91 Å². The number of benzene rings is 1. The van der Waals surface area contributed by atoms with Gasteiger partial charge in [-0.15, -0.1) is 11.3 Å². The second-order valence-corrected chi connectivity index (χ2v) is 6.66. The molecule has 1 aliphatic rings. The maximum Gasteiger partial charge on any atom is 0.273 e. The number of hydrazone groups is 1. The van der Waals surface area contributed by atoms with Gasteiger partial charge in [-0.1, -0.05) is 0 Å². The summed E-state index contributed by atoms with van der Waals surface area (Å²) < 4.78 is 15.0. The van der Waals surface area contributed by atoms with Gasteiger partial charge in [-0.25, -0.2) is 14.4 Å². The Morgan fingerprint density at radius 2 is 2.04 bits per heavy atom. The Labute approximate surface area is 151 Å². The van der Waals surface area contributed by atoms with E-state index in [-0.39, 0.29) is 36.2 Å². The Morgan fingerprint density at radius 3 is 2.77 bits per heavy atom. The summed E-state index contributed by atoms with van der Waals surface area (Å²) in [4.78, 5) is 29.4. The molecule has 26 heavy (non-hydrogen) atoms. The molecular weight excluding hydrogens is 357 g/mol. The van der Waals surface area contributed by atoms with Crippen LogP contribution in [0.2, 0.25) is 0 Å². The predicted molar refractivity (Wildman–Crippen MR) is 96.5 cm³/mol. The molecule has 0 aliphatic carbocycles. The number of amides is 2. The highest BCUT2D eigenvalue weighted by molar-refractivity contribution is 7.15. The first-order valence-corrected chi connectivity index (χ1v) is 8.78. The van der Waals surface area contributed by atoms with Crippen LogP contribution in [0.15, 0.2) is 40.9 Å². The zero-order valence-electron chi connectivity index (χ0n) is 13.8. The molecule has 0 bridgehead atoms. The van der Waals surface area contributed by atoms with E-state index in [0.29, 0.717) is 22.0 Å². The topological polar surface area (TPSA) is 79.1 Å². The fraction of sp³-hybridized carbons (Fsp3) is 0.176. The zero-order valence-corrected chi connectivity index (χ0v) is 14.6. The summed E-state index contributed by atoms with van der Waals surface area (Å²) in [6, 6.07) is 5.92. The lowest BCUT2D eigenvalue weighted by molar-refractivity contribution is -0.130. The van der Waals surface area contributed by atoms with Crippen LogP contribution in [-0.2, 0) is 9.59 Å². The minimum absolute atomic E-state index is 0.127. The number of nitrogens with zero attached hydrogens (tertiary/aromatic N) is 4. The van der Waals surface area contributed by atoms with Gasteiger partial charge in [0, 0.05) is 37.0 Å². The molecule has 132 valence electrons. The molecule has 0 radical (unpaired) electrons. The molecule has 0 spiro atoms. The van der Waals surface area contributed by atoms with E-state index in [0.717, 1.165) is 0 Å². The molecule has 2 aromatic heterocycles. The second kappa shape index (κ2) is 6.34. The molecule has 0 unspecified atom stereocenters.